The fourth-order valence-electron chi connectivity index (χ4n) is 4.36. The zero-order chi connectivity index (χ0) is 20.4. The summed E-state index contributed by atoms with van der Waals surface area (Å²) in [5.41, 5.74) is 0.720. The molecule has 2 aromatic carbocycles. The molecular weight excluding hydrogens is 374 g/mol. The number of hydrogen-bond acceptors (Lipinski definition) is 6. The Morgan fingerprint density at radius 3 is 2.31 bits per heavy atom. The first-order valence-electron chi connectivity index (χ1n) is 9.88. The average molecular weight is 399 g/mol. The molecule has 0 radical (unpaired) electrons. The van der Waals surface area contributed by atoms with Crippen molar-refractivity contribution in [2.24, 2.45) is 0 Å². The van der Waals surface area contributed by atoms with Crippen molar-refractivity contribution >= 4 is 22.4 Å². The number of hydrogen-bond donors (Lipinski definition) is 1. The van der Waals surface area contributed by atoms with Gasteiger partial charge in [0.05, 0.1) is 0 Å². The second kappa shape index (κ2) is 6.48. The standard InChI is InChI=1S/C22H25NO6/c1-21(2)26-15-16(27-21)18-20(29-22(3,4)28-18)25-17(15)19(24)23-14-11-7-9-12-8-5-6-10-13(12)14/h5-11,15-18,20H,1-4H3,(H,23,24)/t15-,16-,17+,18-,20+/m1/s1. The van der Waals surface area contributed by atoms with Crippen molar-refractivity contribution in [3.8, 4) is 0 Å². The molecule has 1 N–H and O–H groups in total. The van der Waals surface area contributed by atoms with E-state index in [0.717, 1.165) is 16.5 Å². The molecule has 0 spiro atoms. The van der Waals surface area contributed by atoms with Crippen LogP contribution in [0.15, 0.2) is 42.5 Å². The molecule has 3 aliphatic rings. The van der Waals surface area contributed by atoms with Gasteiger partial charge in [-0.15, -0.1) is 0 Å². The Kier molecular flexibility index (Phi) is 4.24. The van der Waals surface area contributed by atoms with Crippen LogP contribution in [0.25, 0.3) is 10.8 Å². The van der Waals surface area contributed by atoms with Crippen LogP contribution in [0, 0.1) is 0 Å². The minimum Gasteiger partial charge on any atom is -0.342 e. The van der Waals surface area contributed by atoms with Gasteiger partial charge in [-0.3, -0.25) is 4.79 Å². The molecule has 3 aliphatic heterocycles. The van der Waals surface area contributed by atoms with Crippen LogP contribution in [0.5, 0.6) is 0 Å². The van der Waals surface area contributed by atoms with Gasteiger partial charge in [0.25, 0.3) is 5.91 Å². The summed E-state index contributed by atoms with van der Waals surface area (Å²) in [6, 6.07) is 13.7. The number of carbonyl (C=O) groups excluding carboxylic acids is 1. The van der Waals surface area contributed by atoms with E-state index in [1.807, 2.05) is 70.2 Å². The number of nitrogens with one attached hydrogen (secondary N) is 1. The molecule has 0 aliphatic carbocycles. The molecule has 0 aromatic heterocycles. The SMILES string of the molecule is CC1(C)O[C@@H]2[C@@H](O1)[C@@H](C(=O)Nc1cccc3ccccc13)O[C@H]1OC(C)(C)O[C@@H]12. The first-order valence-corrected chi connectivity index (χ1v) is 9.88. The Labute approximate surface area is 169 Å². The summed E-state index contributed by atoms with van der Waals surface area (Å²) in [6.07, 6.45) is -3.11. The van der Waals surface area contributed by atoms with Crippen molar-refractivity contribution in [3.63, 3.8) is 0 Å². The zero-order valence-corrected chi connectivity index (χ0v) is 16.9. The maximum Gasteiger partial charge on any atom is 0.256 e. The molecule has 5 atom stereocenters. The Morgan fingerprint density at radius 1 is 0.828 bits per heavy atom. The number of benzene rings is 2. The first-order chi connectivity index (χ1) is 13.7. The predicted molar refractivity (Wildman–Crippen MR) is 105 cm³/mol. The van der Waals surface area contributed by atoms with Crippen molar-refractivity contribution in [3.05, 3.63) is 42.5 Å². The first kappa shape index (κ1) is 19.0. The third-order valence-corrected chi connectivity index (χ3v) is 5.46. The van der Waals surface area contributed by atoms with Crippen molar-refractivity contribution in [2.75, 3.05) is 5.32 Å². The van der Waals surface area contributed by atoms with E-state index in [2.05, 4.69) is 5.32 Å². The Balaban J connectivity index is 1.44. The summed E-state index contributed by atoms with van der Waals surface area (Å²) in [5.74, 6) is -1.97. The smallest absolute Gasteiger partial charge is 0.256 e. The van der Waals surface area contributed by atoms with Crippen molar-refractivity contribution in [1.29, 1.82) is 0 Å². The average Bonchev–Trinajstić information content (AvgIpc) is 3.15. The number of ether oxygens (including phenoxy) is 5. The van der Waals surface area contributed by atoms with Crippen LogP contribution in [0.3, 0.4) is 0 Å². The van der Waals surface area contributed by atoms with E-state index in [0.29, 0.717) is 0 Å². The molecule has 7 heteroatoms. The summed E-state index contributed by atoms with van der Waals surface area (Å²) in [6.45, 7) is 7.27. The molecular formula is C22H25NO6. The van der Waals surface area contributed by atoms with Crippen LogP contribution < -0.4 is 5.32 Å². The van der Waals surface area contributed by atoms with Gasteiger partial charge in [-0.1, -0.05) is 36.4 Å². The molecule has 3 fully saturated rings. The normalized spacial score (nSPS) is 34.6. The lowest BCUT2D eigenvalue weighted by Gasteiger charge is -2.36. The molecule has 0 bridgehead atoms. The summed E-state index contributed by atoms with van der Waals surface area (Å²) in [5, 5.41) is 5.00. The van der Waals surface area contributed by atoms with Gasteiger partial charge in [0.2, 0.25) is 0 Å². The van der Waals surface area contributed by atoms with Crippen molar-refractivity contribution < 1.29 is 28.5 Å². The number of rotatable bonds is 2. The zero-order valence-electron chi connectivity index (χ0n) is 16.9. The molecule has 0 saturated carbocycles. The summed E-state index contributed by atoms with van der Waals surface area (Å²) in [4.78, 5) is 13.2. The second-order valence-corrected chi connectivity index (χ2v) is 8.61. The fourth-order valence-corrected chi connectivity index (χ4v) is 4.36. The van der Waals surface area contributed by atoms with E-state index in [1.165, 1.54) is 0 Å². The van der Waals surface area contributed by atoms with Crippen LogP contribution in [-0.4, -0.2) is 48.2 Å². The minimum absolute atomic E-state index is 0.301. The van der Waals surface area contributed by atoms with Crippen LogP contribution in [0.2, 0.25) is 0 Å². The minimum atomic E-state index is -0.889. The van der Waals surface area contributed by atoms with Gasteiger partial charge in [-0.25, -0.2) is 0 Å². The van der Waals surface area contributed by atoms with Gasteiger partial charge in [-0.2, -0.15) is 0 Å². The topological polar surface area (TPSA) is 75.3 Å². The highest BCUT2D eigenvalue weighted by atomic mass is 16.9. The molecule has 0 unspecified atom stereocenters. The van der Waals surface area contributed by atoms with Crippen LogP contribution in [0.4, 0.5) is 5.69 Å². The Morgan fingerprint density at radius 2 is 1.48 bits per heavy atom. The van der Waals surface area contributed by atoms with Gasteiger partial charge in [0.1, 0.15) is 18.3 Å². The molecule has 3 saturated heterocycles. The molecule has 5 rings (SSSR count). The summed E-state index contributed by atoms with van der Waals surface area (Å²) < 4.78 is 30.0. The molecule has 7 nitrogen and oxygen atoms in total. The molecule has 3 heterocycles. The Bertz CT molecular complexity index is 952. The molecule has 1 amide bonds. The highest BCUT2D eigenvalue weighted by molar-refractivity contribution is 6.03. The molecule has 2 aromatic rings. The van der Waals surface area contributed by atoms with E-state index in [-0.39, 0.29) is 5.91 Å². The van der Waals surface area contributed by atoms with Crippen LogP contribution in [0.1, 0.15) is 27.7 Å². The third kappa shape index (κ3) is 3.33. The number of anilines is 1. The number of amides is 1. The van der Waals surface area contributed by atoms with Gasteiger partial charge < -0.3 is 29.0 Å². The molecule has 29 heavy (non-hydrogen) atoms. The lowest BCUT2D eigenvalue weighted by Crippen LogP contribution is -2.58. The largest absolute Gasteiger partial charge is 0.342 e. The summed E-state index contributed by atoms with van der Waals surface area (Å²) >= 11 is 0. The fraction of sp³-hybridized carbons (Fsp3) is 0.500. The number of fused-ring (bicyclic) bond motifs is 4. The lowest BCUT2D eigenvalue weighted by molar-refractivity contribution is -0.229. The lowest BCUT2D eigenvalue weighted by atomic mass is 9.98. The maximum atomic E-state index is 13.2. The summed E-state index contributed by atoms with van der Waals surface area (Å²) in [7, 11) is 0. The highest BCUT2D eigenvalue weighted by Gasteiger charge is 2.62. The molecule has 154 valence electrons. The highest BCUT2D eigenvalue weighted by Crippen LogP contribution is 2.44. The third-order valence-electron chi connectivity index (χ3n) is 5.46. The van der Waals surface area contributed by atoms with Crippen LogP contribution >= 0.6 is 0 Å². The van der Waals surface area contributed by atoms with E-state index >= 15 is 0 Å². The van der Waals surface area contributed by atoms with E-state index < -0.39 is 42.3 Å². The van der Waals surface area contributed by atoms with Crippen LogP contribution in [-0.2, 0) is 28.5 Å². The van der Waals surface area contributed by atoms with Crippen molar-refractivity contribution in [1.82, 2.24) is 0 Å². The Hall–Kier alpha value is -2.03. The monoisotopic (exact) mass is 399 g/mol. The van der Waals surface area contributed by atoms with E-state index in [9.17, 15) is 4.79 Å². The van der Waals surface area contributed by atoms with E-state index in [1.54, 1.807) is 0 Å². The van der Waals surface area contributed by atoms with E-state index in [4.69, 9.17) is 23.7 Å². The van der Waals surface area contributed by atoms with Gasteiger partial charge in [0.15, 0.2) is 24.0 Å². The maximum absolute atomic E-state index is 13.2. The van der Waals surface area contributed by atoms with Gasteiger partial charge >= 0.3 is 0 Å². The number of carbonyl (C=O) groups is 1. The quantitative estimate of drug-likeness (QED) is 0.836. The predicted octanol–water partition coefficient (Wildman–Crippen LogP) is 3.17. The second-order valence-electron chi connectivity index (χ2n) is 8.61. The van der Waals surface area contributed by atoms with Gasteiger partial charge in [0, 0.05) is 11.1 Å². The van der Waals surface area contributed by atoms with Crippen molar-refractivity contribution in [2.45, 2.75) is 70.0 Å². The van der Waals surface area contributed by atoms with Gasteiger partial charge in [-0.05, 0) is 39.1 Å².